The number of nitrogens with one attached hydrogen (secondary N) is 2. The van der Waals surface area contributed by atoms with Gasteiger partial charge in [-0.1, -0.05) is 44.1 Å². The topological polar surface area (TPSA) is 176 Å². The Morgan fingerprint density at radius 1 is 0.621 bits per heavy atom. The van der Waals surface area contributed by atoms with E-state index in [2.05, 4.69) is 36.5 Å². The third kappa shape index (κ3) is 13.4. The number of nitrogens with zero attached hydrogens (tertiary/aromatic N) is 2. The van der Waals surface area contributed by atoms with E-state index in [0.717, 1.165) is 11.1 Å². The molecule has 0 spiro atoms. The van der Waals surface area contributed by atoms with Crippen LogP contribution in [0.4, 0.5) is 32.1 Å². The first-order chi connectivity index (χ1) is 26.4. The number of benzene rings is 4. The Morgan fingerprint density at radius 3 is 1.50 bits per heavy atom. The van der Waals surface area contributed by atoms with Crippen LogP contribution in [0, 0.1) is 39.3 Å². The smallest absolute Gasteiger partial charge is 0.423 e. The average Bonchev–Trinajstić information content (AvgIpc) is 3.14. The molecule has 0 aliphatic rings. The number of rotatable bonds is 6. The Labute approximate surface area is 355 Å². The quantitative estimate of drug-likeness (QED) is 0.0896. The minimum absolute atomic E-state index is 0. The van der Waals surface area contributed by atoms with E-state index >= 15 is 0 Å². The van der Waals surface area contributed by atoms with Gasteiger partial charge in [0.25, 0.3) is 11.8 Å². The first-order valence-electron chi connectivity index (χ1n) is 16.7. The number of hydrogen-bond acceptors (Lipinski definition) is 8. The molecule has 10 nitrogen and oxygen atoms in total. The number of halogens is 5. The van der Waals surface area contributed by atoms with E-state index in [1.165, 1.54) is 18.2 Å². The van der Waals surface area contributed by atoms with Gasteiger partial charge in [-0.25, -0.2) is 18.7 Å². The highest BCUT2D eigenvalue weighted by Gasteiger charge is 2.16. The minimum atomic E-state index is -1.52. The van der Waals surface area contributed by atoms with Crippen molar-refractivity contribution in [2.24, 2.45) is 0 Å². The molecule has 0 aliphatic carbocycles. The fourth-order valence-electron chi connectivity index (χ4n) is 5.03. The maximum atomic E-state index is 13.7. The highest BCUT2D eigenvalue weighted by Crippen LogP contribution is 2.31. The van der Waals surface area contributed by atoms with Gasteiger partial charge in [0.05, 0.1) is 4.47 Å². The molecular formula is C42H44BBrCl2F2N6O4. The molecule has 0 saturated carbocycles. The van der Waals surface area contributed by atoms with Crippen molar-refractivity contribution in [1.29, 1.82) is 0 Å². The molecule has 0 atom stereocenters. The summed E-state index contributed by atoms with van der Waals surface area (Å²) in [5.41, 5.74) is 16.8. The van der Waals surface area contributed by atoms with Gasteiger partial charge in [0, 0.05) is 26.7 Å². The Bertz CT molecular complexity index is 2370. The summed E-state index contributed by atoms with van der Waals surface area (Å²) in [5, 5.41) is 24.2. The number of carbonyl (C=O) groups excluding carboxylic acids is 2. The third-order valence-electron chi connectivity index (χ3n) is 8.12. The summed E-state index contributed by atoms with van der Waals surface area (Å²) in [5.74, 6) is 0.160. The number of aromatic nitrogens is 2. The van der Waals surface area contributed by atoms with Crippen LogP contribution in [-0.4, -0.2) is 38.9 Å². The molecule has 58 heavy (non-hydrogen) atoms. The van der Waals surface area contributed by atoms with Gasteiger partial charge in [0.15, 0.2) is 0 Å². The summed E-state index contributed by atoms with van der Waals surface area (Å²) in [6, 6.07) is 25.9. The summed E-state index contributed by atoms with van der Waals surface area (Å²) in [7, 11) is -1.52. The van der Waals surface area contributed by atoms with E-state index in [0.29, 0.717) is 70.8 Å². The molecule has 6 rings (SSSR count). The number of hydrogen-bond donors (Lipinski definition) is 6. The van der Waals surface area contributed by atoms with Gasteiger partial charge in [-0.05, 0) is 168 Å². The molecule has 6 aromatic rings. The normalized spacial score (nSPS) is 9.98. The number of carbonyl (C=O) groups is 2. The Morgan fingerprint density at radius 2 is 1.05 bits per heavy atom. The van der Waals surface area contributed by atoms with E-state index in [4.69, 9.17) is 44.7 Å². The van der Waals surface area contributed by atoms with E-state index in [1.807, 2.05) is 6.92 Å². The van der Waals surface area contributed by atoms with Crippen LogP contribution in [0.1, 0.15) is 57.8 Å². The molecule has 8 N–H and O–H groups in total. The van der Waals surface area contributed by atoms with Crippen LogP contribution in [0.5, 0.6) is 0 Å². The van der Waals surface area contributed by atoms with E-state index in [9.17, 15) is 18.4 Å². The number of nitrogens with two attached hydrogens (primary N) is 2. The van der Waals surface area contributed by atoms with Crippen LogP contribution >= 0.6 is 39.1 Å². The number of aryl methyl sites for hydroxylation is 4. The van der Waals surface area contributed by atoms with Crippen molar-refractivity contribution in [2.75, 3.05) is 22.1 Å². The van der Waals surface area contributed by atoms with Crippen LogP contribution in [-0.2, 0) is 0 Å². The van der Waals surface area contributed by atoms with Gasteiger partial charge in [0.1, 0.15) is 34.9 Å². The molecule has 304 valence electrons. The number of nitrogen functional groups attached to an aromatic ring is 2. The van der Waals surface area contributed by atoms with Gasteiger partial charge >= 0.3 is 7.12 Å². The first kappa shape index (κ1) is 48.8. The highest BCUT2D eigenvalue weighted by molar-refractivity contribution is 9.10. The average molecular weight is 896 g/mol. The van der Waals surface area contributed by atoms with Crippen LogP contribution in [0.2, 0.25) is 10.0 Å². The zero-order valence-corrected chi connectivity index (χ0v) is 33.6. The molecule has 0 radical (unpaired) electrons. The van der Waals surface area contributed by atoms with Crippen molar-refractivity contribution in [3.05, 3.63) is 157 Å². The zero-order valence-electron chi connectivity index (χ0n) is 30.5. The molecule has 2 amide bonds. The van der Waals surface area contributed by atoms with Gasteiger partial charge in [-0.15, -0.1) is 0 Å². The third-order valence-corrected chi connectivity index (χ3v) is 9.29. The molecule has 0 fully saturated rings. The van der Waals surface area contributed by atoms with Crippen molar-refractivity contribution in [3.8, 4) is 11.1 Å². The Hall–Kier alpha value is -5.38. The Balaban J connectivity index is 0.000000317. The van der Waals surface area contributed by atoms with Crippen LogP contribution in [0.25, 0.3) is 11.1 Å². The Kier molecular flexibility index (Phi) is 18.5. The van der Waals surface area contributed by atoms with Crippen molar-refractivity contribution in [1.82, 2.24) is 9.97 Å². The lowest BCUT2D eigenvalue weighted by Gasteiger charge is -2.12. The van der Waals surface area contributed by atoms with Gasteiger partial charge in [-0.2, -0.15) is 0 Å². The molecule has 2 heterocycles. The van der Waals surface area contributed by atoms with Gasteiger partial charge in [-0.3, -0.25) is 9.59 Å². The van der Waals surface area contributed by atoms with E-state index in [-0.39, 0.29) is 44.1 Å². The lowest BCUT2D eigenvalue weighted by atomic mass is 9.76. The molecule has 2 aromatic heterocycles. The molecule has 0 saturated heterocycles. The predicted molar refractivity (Wildman–Crippen MR) is 238 cm³/mol. The number of anilines is 4. The monoisotopic (exact) mass is 894 g/mol. The van der Waals surface area contributed by atoms with Crippen LogP contribution in [0.3, 0.4) is 0 Å². The van der Waals surface area contributed by atoms with Crippen molar-refractivity contribution in [2.45, 2.75) is 42.5 Å². The zero-order chi connectivity index (χ0) is 41.3. The second-order valence-corrected chi connectivity index (χ2v) is 14.1. The number of pyridine rings is 2. The number of amides is 2. The largest absolute Gasteiger partial charge is 0.488 e. The SMILES string of the molecule is C.C.Cc1cc(-c2ccc(NC(=O)c3ccc(Cl)cc3)nc2N)c(C)cc1F.Cc1cc(B(O)O)c(C)cc1F.Nc1nc(NC(=O)c2ccc(Cl)cc2)ccc1Br. The minimum Gasteiger partial charge on any atom is -0.423 e. The second kappa shape index (κ2) is 22.0. The fraction of sp³-hybridized carbons (Fsp3) is 0.143. The predicted octanol–water partition coefficient (Wildman–Crippen LogP) is 9.72. The first-order valence-corrected chi connectivity index (χ1v) is 18.2. The second-order valence-electron chi connectivity index (χ2n) is 12.4. The van der Waals surface area contributed by atoms with Crippen molar-refractivity contribution in [3.63, 3.8) is 0 Å². The van der Waals surface area contributed by atoms with Crippen LogP contribution in [0.15, 0.2) is 102 Å². The molecule has 4 aromatic carbocycles. The summed E-state index contributed by atoms with van der Waals surface area (Å²) >= 11 is 14.8. The molecule has 16 heteroatoms. The lowest BCUT2D eigenvalue weighted by molar-refractivity contribution is 0.101. The maximum Gasteiger partial charge on any atom is 0.488 e. The summed E-state index contributed by atoms with van der Waals surface area (Å²) in [6.45, 7) is 6.73. The van der Waals surface area contributed by atoms with Crippen LogP contribution < -0.4 is 27.6 Å². The fourth-order valence-corrected chi connectivity index (χ4v) is 5.50. The molecular weight excluding hydrogens is 852 g/mol. The van der Waals surface area contributed by atoms with Crippen molar-refractivity contribution >= 4 is 86.8 Å². The van der Waals surface area contributed by atoms with Gasteiger partial charge < -0.3 is 32.1 Å². The lowest BCUT2D eigenvalue weighted by Crippen LogP contribution is -2.32. The van der Waals surface area contributed by atoms with E-state index < -0.39 is 7.12 Å². The molecule has 0 aliphatic heterocycles. The summed E-state index contributed by atoms with van der Waals surface area (Å²) < 4.78 is 27.2. The highest BCUT2D eigenvalue weighted by atomic mass is 79.9. The summed E-state index contributed by atoms with van der Waals surface area (Å²) in [6.07, 6.45) is 0. The van der Waals surface area contributed by atoms with E-state index in [1.54, 1.807) is 99.6 Å². The molecule has 0 unspecified atom stereocenters. The maximum absolute atomic E-state index is 13.7. The van der Waals surface area contributed by atoms with Crippen molar-refractivity contribution < 1.29 is 28.4 Å². The van der Waals surface area contributed by atoms with Gasteiger partial charge in [0.2, 0.25) is 0 Å². The standard InChI is InChI=1S/C20H17ClFN3O.C12H9BrClN3O.C8H10BFO2.2CH4/c1-11-10-17(22)12(2)9-16(11)15-7-8-18(24-19(15)23)25-20(26)13-3-5-14(21)6-4-13;13-9-5-6-10(16-11(9)15)17-12(18)7-1-3-8(14)4-2-7;1-5-4-8(10)6(2)3-7(5)9(11)12;;/h3-10H,1-2H3,(H3,23,24,25,26);1-6H,(H3,15,16,17,18);3-4,11-12H,1-2H3;2*1H4. The molecule has 0 bridgehead atoms. The summed E-state index contributed by atoms with van der Waals surface area (Å²) in [4.78, 5) is 32.4.